The fraction of sp³-hybridized carbons (Fsp3) is 0.241. The summed E-state index contributed by atoms with van der Waals surface area (Å²) in [5, 5.41) is 23.3. The molecular formula is C29H31FN2O5. The number of benzene rings is 3. The molecule has 0 spiro atoms. The molecule has 4 rings (SSSR count). The SMILES string of the molecule is CCCOc1ccc(-c2ccc(F)c(C(=O)O)c2)cc1C(=O)N[C@@H](CO)Cc1cn(C)c2ccccc12.[HH]. The summed E-state index contributed by atoms with van der Waals surface area (Å²) >= 11 is 0. The van der Waals surface area contributed by atoms with Crippen molar-refractivity contribution in [3.8, 4) is 16.9 Å². The molecular weight excluding hydrogens is 475 g/mol. The Morgan fingerprint density at radius 1 is 1.08 bits per heavy atom. The molecule has 1 heterocycles. The number of fused-ring (bicyclic) bond motifs is 1. The van der Waals surface area contributed by atoms with E-state index >= 15 is 0 Å². The third kappa shape index (κ3) is 5.65. The molecule has 1 atom stereocenters. The zero-order valence-corrected chi connectivity index (χ0v) is 20.7. The number of nitrogens with one attached hydrogen (secondary N) is 1. The van der Waals surface area contributed by atoms with Crippen LogP contribution in [0.3, 0.4) is 0 Å². The number of halogens is 1. The standard InChI is InChI=1S/C29H29FN2O5.H2/c1-3-12-37-27-11-9-19(18-8-10-25(30)23(14-18)29(35)36)15-24(27)28(34)31-21(17-33)13-20-16-32(2)26-7-5-4-6-22(20)26;/h4-11,14-16,21,33H,3,12-13,17H2,1-2H3,(H,31,34)(H,35,36);1H/t21-;/m1./s1. The predicted molar refractivity (Wildman–Crippen MR) is 142 cm³/mol. The molecule has 194 valence electrons. The first-order valence-electron chi connectivity index (χ1n) is 12.1. The van der Waals surface area contributed by atoms with Gasteiger partial charge in [0, 0.05) is 25.6 Å². The largest absolute Gasteiger partial charge is 0.493 e. The second-order valence-electron chi connectivity index (χ2n) is 8.90. The molecule has 4 aromatic rings. The van der Waals surface area contributed by atoms with E-state index < -0.39 is 29.3 Å². The normalized spacial score (nSPS) is 11.9. The maximum absolute atomic E-state index is 13.9. The van der Waals surface area contributed by atoms with Crippen molar-refractivity contribution in [2.75, 3.05) is 13.2 Å². The minimum absolute atomic E-state index is 0. The number of carbonyl (C=O) groups is 2. The van der Waals surface area contributed by atoms with Gasteiger partial charge in [-0.15, -0.1) is 0 Å². The lowest BCUT2D eigenvalue weighted by atomic mass is 9.99. The van der Waals surface area contributed by atoms with E-state index in [1.54, 1.807) is 18.2 Å². The molecule has 0 aliphatic carbocycles. The lowest BCUT2D eigenvalue weighted by molar-refractivity contribution is 0.0691. The number of para-hydroxylation sites is 1. The molecule has 0 fully saturated rings. The Bertz CT molecular complexity index is 1450. The van der Waals surface area contributed by atoms with Gasteiger partial charge in [0.05, 0.1) is 30.4 Å². The van der Waals surface area contributed by atoms with Gasteiger partial charge in [0.15, 0.2) is 0 Å². The van der Waals surface area contributed by atoms with E-state index in [1.807, 2.05) is 49.0 Å². The fourth-order valence-electron chi connectivity index (χ4n) is 4.37. The summed E-state index contributed by atoms with van der Waals surface area (Å²) in [7, 11) is 1.95. The number of aliphatic hydroxyl groups excluding tert-OH is 1. The number of aliphatic hydroxyl groups is 1. The van der Waals surface area contributed by atoms with Crippen LogP contribution >= 0.6 is 0 Å². The number of amides is 1. The van der Waals surface area contributed by atoms with Gasteiger partial charge in [-0.1, -0.05) is 37.3 Å². The number of nitrogens with zero attached hydrogens (tertiary/aromatic N) is 1. The molecule has 3 aromatic carbocycles. The van der Waals surface area contributed by atoms with Crippen LogP contribution in [0.1, 0.15) is 41.1 Å². The Kier molecular flexibility index (Phi) is 7.89. The number of hydrogen-bond donors (Lipinski definition) is 3. The topological polar surface area (TPSA) is 101 Å². The predicted octanol–water partition coefficient (Wildman–Crippen LogP) is 5.05. The number of ether oxygens (including phenoxy) is 1. The molecule has 0 unspecified atom stereocenters. The van der Waals surface area contributed by atoms with Gasteiger partial charge in [0.2, 0.25) is 0 Å². The van der Waals surface area contributed by atoms with Crippen LogP contribution in [0.15, 0.2) is 66.9 Å². The highest BCUT2D eigenvalue weighted by atomic mass is 19.1. The molecule has 0 aliphatic heterocycles. The van der Waals surface area contributed by atoms with Gasteiger partial charge in [-0.25, -0.2) is 9.18 Å². The first-order valence-corrected chi connectivity index (χ1v) is 12.1. The van der Waals surface area contributed by atoms with Gasteiger partial charge in [0.1, 0.15) is 11.6 Å². The lowest BCUT2D eigenvalue weighted by Gasteiger charge is -2.18. The van der Waals surface area contributed by atoms with Gasteiger partial charge in [-0.3, -0.25) is 4.79 Å². The molecule has 0 radical (unpaired) electrons. The third-order valence-corrected chi connectivity index (χ3v) is 6.22. The van der Waals surface area contributed by atoms with Crippen molar-refractivity contribution in [1.29, 1.82) is 0 Å². The number of carboxylic acid groups (broad SMARTS) is 1. The van der Waals surface area contributed by atoms with E-state index in [-0.39, 0.29) is 13.6 Å². The first-order chi connectivity index (χ1) is 17.8. The highest BCUT2D eigenvalue weighted by molar-refractivity contribution is 5.99. The molecule has 37 heavy (non-hydrogen) atoms. The Hall–Kier alpha value is -4.17. The van der Waals surface area contributed by atoms with Gasteiger partial charge in [0.25, 0.3) is 5.91 Å². The molecule has 1 amide bonds. The summed E-state index contributed by atoms with van der Waals surface area (Å²) in [5.41, 5.74) is 2.83. The first kappa shape index (κ1) is 25.9. The Morgan fingerprint density at radius 2 is 1.78 bits per heavy atom. The van der Waals surface area contributed by atoms with Crippen molar-refractivity contribution in [3.05, 3.63) is 89.4 Å². The minimum atomic E-state index is -1.38. The van der Waals surface area contributed by atoms with E-state index in [2.05, 4.69) is 5.32 Å². The van der Waals surface area contributed by atoms with Gasteiger partial charge >= 0.3 is 5.97 Å². The molecule has 0 saturated heterocycles. The molecule has 0 saturated carbocycles. The molecule has 8 heteroatoms. The summed E-state index contributed by atoms with van der Waals surface area (Å²) in [6, 6.07) is 16.1. The van der Waals surface area contributed by atoms with E-state index in [9.17, 15) is 24.2 Å². The molecule has 7 nitrogen and oxygen atoms in total. The summed E-state index contributed by atoms with van der Waals surface area (Å²) in [6.07, 6.45) is 3.15. The van der Waals surface area contributed by atoms with Crippen LogP contribution in [0.2, 0.25) is 0 Å². The lowest BCUT2D eigenvalue weighted by Crippen LogP contribution is -2.39. The number of carbonyl (C=O) groups excluding carboxylic acids is 1. The molecule has 1 aromatic heterocycles. The second-order valence-corrected chi connectivity index (χ2v) is 8.90. The van der Waals surface area contributed by atoms with Crippen molar-refractivity contribution < 1.29 is 30.4 Å². The van der Waals surface area contributed by atoms with Crippen LogP contribution in [0.4, 0.5) is 4.39 Å². The van der Waals surface area contributed by atoms with Crippen LogP contribution in [0.25, 0.3) is 22.0 Å². The van der Waals surface area contributed by atoms with Crippen molar-refractivity contribution in [3.63, 3.8) is 0 Å². The summed E-state index contributed by atoms with van der Waals surface area (Å²) < 4.78 is 21.7. The Morgan fingerprint density at radius 3 is 2.49 bits per heavy atom. The van der Waals surface area contributed by atoms with E-state index in [0.29, 0.717) is 29.9 Å². The monoisotopic (exact) mass is 506 g/mol. The number of aromatic carboxylic acids is 1. The Labute approximate surface area is 215 Å². The summed E-state index contributed by atoms with van der Waals surface area (Å²) in [4.78, 5) is 24.8. The average molecular weight is 507 g/mol. The zero-order valence-electron chi connectivity index (χ0n) is 20.7. The van der Waals surface area contributed by atoms with Crippen LogP contribution in [0.5, 0.6) is 5.75 Å². The maximum Gasteiger partial charge on any atom is 0.338 e. The Balaban J connectivity index is 0.00000400. The molecule has 3 N–H and O–H groups in total. The quantitative estimate of drug-likeness (QED) is 0.279. The van der Waals surface area contributed by atoms with Gasteiger partial charge in [-0.05, 0) is 59.9 Å². The number of rotatable bonds is 10. The molecule has 0 bridgehead atoms. The summed E-state index contributed by atoms with van der Waals surface area (Å²) in [6.45, 7) is 2.09. The maximum atomic E-state index is 13.9. The average Bonchev–Trinajstić information content (AvgIpc) is 3.22. The van der Waals surface area contributed by atoms with Gasteiger partial charge < -0.3 is 24.8 Å². The number of hydrogen-bond acceptors (Lipinski definition) is 4. The number of aromatic nitrogens is 1. The van der Waals surface area contributed by atoms with E-state index in [1.165, 1.54) is 12.1 Å². The van der Waals surface area contributed by atoms with E-state index in [0.717, 1.165) is 29.0 Å². The smallest absolute Gasteiger partial charge is 0.338 e. The van der Waals surface area contributed by atoms with E-state index in [4.69, 9.17) is 4.74 Å². The van der Waals surface area contributed by atoms with Crippen LogP contribution in [-0.2, 0) is 13.5 Å². The van der Waals surface area contributed by atoms with Gasteiger partial charge in [-0.2, -0.15) is 0 Å². The van der Waals surface area contributed by atoms with Crippen LogP contribution in [0, 0.1) is 5.82 Å². The van der Waals surface area contributed by atoms with Crippen molar-refractivity contribution in [2.45, 2.75) is 25.8 Å². The molecule has 0 aliphatic rings. The summed E-state index contributed by atoms with van der Waals surface area (Å²) in [5.74, 6) is -2.28. The van der Waals surface area contributed by atoms with Crippen LogP contribution in [-0.4, -0.2) is 45.9 Å². The zero-order chi connectivity index (χ0) is 26.5. The highest BCUT2D eigenvalue weighted by Gasteiger charge is 2.21. The minimum Gasteiger partial charge on any atom is -0.493 e. The van der Waals surface area contributed by atoms with Crippen LogP contribution < -0.4 is 10.1 Å². The highest BCUT2D eigenvalue weighted by Crippen LogP contribution is 2.29. The fourth-order valence-corrected chi connectivity index (χ4v) is 4.37. The third-order valence-electron chi connectivity index (χ3n) is 6.22. The second kappa shape index (κ2) is 11.3. The van der Waals surface area contributed by atoms with Crippen molar-refractivity contribution in [2.24, 2.45) is 7.05 Å². The van der Waals surface area contributed by atoms with Crippen molar-refractivity contribution >= 4 is 22.8 Å². The number of carboxylic acids is 1. The number of aryl methyl sites for hydroxylation is 1. The van der Waals surface area contributed by atoms with Crippen molar-refractivity contribution in [1.82, 2.24) is 9.88 Å².